The molecule has 0 spiro atoms. The number of hydrogen-bond donors (Lipinski definition) is 1. The van der Waals surface area contributed by atoms with Crippen LogP contribution in [0.4, 0.5) is 13.2 Å². The second kappa shape index (κ2) is 5.60. The maximum absolute atomic E-state index is 12.7. The van der Waals surface area contributed by atoms with Crippen LogP contribution < -0.4 is 0 Å². The van der Waals surface area contributed by atoms with Crippen LogP contribution >= 0.6 is 11.8 Å². The number of carboxylic acid groups (broad SMARTS) is 1. The number of thioether (sulfide) groups is 1. The first-order chi connectivity index (χ1) is 8.18. The fraction of sp³-hybridized carbons (Fsp3) is 0.455. The van der Waals surface area contributed by atoms with Gasteiger partial charge in [0, 0.05) is 5.69 Å². The molecule has 0 radical (unpaired) electrons. The fourth-order valence-corrected chi connectivity index (χ4v) is 2.49. The van der Waals surface area contributed by atoms with E-state index < -0.39 is 23.8 Å². The number of rotatable bonds is 4. The van der Waals surface area contributed by atoms with E-state index in [9.17, 15) is 18.0 Å². The summed E-state index contributed by atoms with van der Waals surface area (Å²) < 4.78 is 38.0. The van der Waals surface area contributed by atoms with Gasteiger partial charge in [0.2, 0.25) is 0 Å². The van der Waals surface area contributed by atoms with Gasteiger partial charge in [-0.15, -0.1) is 0 Å². The summed E-state index contributed by atoms with van der Waals surface area (Å²) in [6.45, 7) is 3.43. The molecule has 0 aliphatic rings. The molecule has 3 nitrogen and oxygen atoms in total. The monoisotopic (exact) mass is 279 g/mol. The second-order valence-electron chi connectivity index (χ2n) is 3.87. The molecule has 1 aromatic heterocycles. The molecule has 1 rings (SSSR count). The zero-order chi connectivity index (χ0) is 13.9. The Morgan fingerprint density at radius 3 is 2.50 bits per heavy atom. The number of carbonyl (C=O) groups is 1. The van der Waals surface area contributed by atoms with Crippen LogP contribution in [0.1, 0.15) is 17.7 Å². The van der Waals surface area contributed by atoms with Gasteiger partial charge in [0.15, 0.2) is 0 Å². The standard InChI is InChI=1S/C11H12F3NO2S/c1-6-3-7(2)15-9(4-6)18-8(5-10(16)17)11(12,13)14/h3-4,8H,5H2,1-2H3,(H,16,17). The molecule has 0 saturated carbocycles. The molecule has 18 heavy (non-hydrogen) atoms. The lowest BCUT2D eigenvalue weighted by Gasteiger charge is -2.17. The summed E-state index contributed by atoms with van der Waals surface area (Å²) in [6, 6.07) is 3.25. The fourth-order valence-electron chi connectivity index (χ4n) is 1.39. The SMILES string of the molecule is Cc1cc(C)nc(SC(CC(=O)O)C(F)(F)F)c1. The van der Waals surface area contributed by atoms with Crippen molar-refractivity contribution in [2.75, 3.05) is 0 Å². The van der Waals surface area contributed by atoms with Crippen molar-refractivity contribution in [3.05, 3.63) is 23.4 Å². The molecule has 1 aromatic rings. The van der Waals surface area contributed by atoms with Crippen LogP contribution in [0.2, 0.25) is 0 Å². The number of aliphatic carboxylic acids is 1. The van der Waals surface area contributed by atoms with Crippen molar-refractivity contribution < 1.29 is 23.1 Å². The molecule has 0 fully saturated rings. The number of carboxylic acids is 1. The van der Waals surface area contributed by atoms with Gasteiger partial charge in [-0.1, -0.05) is 11.8 Å². The van der Waals surface area contributed by atoms with E-state index in [0.717, 1.165) is 5.56 Å². The molecule has 0 aliphatic carbocycles. The van der Waals surface area contributed by atoms with Crippen molar-refractivity contribution in [1.82, 2.24) is 4.98 Å². The quantitative estimate of drug-likeness (QED) is 0.860. The van der Waals surface area contributed by atoms with E-state index >= 15 is 0 Å². The number of nitrogens with zero attached hydrogens (tertiary/aromatic N) is 1. The maximum atomic E-state index is 12.7. The minimum atomic E-state index is -4.57. The summed E-state index contributed by atoms with van der Waals surface area (Å²) in [5.74, 6) is -1.48. The lowest BCUT2D eigenvalue weighted by Crippen LogP contribution is -2.28. The Hall–Kier alpha value is -1.24. The summed E-state index contributed by atoms with van der Waals surface area (Å²) in [5, 5.41) is 6.71. The van der Waals surface area contributed by atoms with Crippen molar-refractivity contribution in [2.24, 2.45) is 0 Å². The van der Waals surface area contributed by atoms with E-state index in [1.54, 1.807) is 19.9 Å². The Balaban J connectivity index is 2.92. The topological polar surface area (TPSA) is 50.2 Å². The zero-order valence-electron chi connectivity index (χ0n) is 9.78. The molecule has 0 saturated heterocycles. The first-order valence-corrected chi connectivity index (χ1v) is 5.97. The summed E-state index contributed by atoms with van der Waals surface area (Å²) >= 11 is 0.435. The Bertz CT molecular complexity index is 428. The normalized spacial score (nSPS) is 13.4. The number of alkyl halides is 3. The van der Waals surface area contributed by atoms with Crippen molar-refractivity contribution in [1.29, 1.82) is 0 Å². The second-order valence-corrected chi connectivity index (χ2v) is 5.09. The molecule has 1 heterocycles. The third kappa shape index (κ3) is 4.56. The molecule has 100 valence electrons. The van der Waals surface area contributed by atoms with E-state index in [1.807, 2.05) is 0 Å². The molecule has 1 unspecified atom stereocenters. The zero-order valence-corrected chi connectivity index (χ0v) is 10.6. The van der Waals surface area contributed by atoms with Crippen LogP contribution in [0.5, 0.6) is 0 Å². The predicted octanol–water partition coefficient (Wildman–Crippen LogP) is 3.20. The number of hydrogen-bond acceptors (Lipinski definition) is 3. The van der Waals surface area contributed by atoms with Gasteiger partial charge < -0.3 is 5.11 Å². The summed E-state index contributed by atoms with van der Waals surface area (Å²) in [7, 11) is 0. The van der Waals surface area contributed by atoms with Crippen LogP contribution in [0, 0.1) is 13.8 Å². The van der Waals surface area contributed by atoms with Gasteiger partial charge in [-0.25, -0.2) is 4.98 Å². The molecule has 0 aliphatic heterocycles. The predicted molar refractivity (Wildman–Crippen MR) is 61.7 cm³/mol. The Labute approximate surface area is 106 Å². The lowest BCUT2D eigenvalue weighted by molar-refractivity contribution is -0.149. The van der Waals surface area contributed by atoms with E-state index in [2.05, 4.69) is 4.98 Å². The van der Waals surface area contributed by atoms with Crippen LogP contribution in [0.3, 0.4) is 0 Å². The van der Waals surface area contributed by atoms with Crippen molar-refractivity contribution in [3.8, 4) is 0 Å². The number of aromatic nitrogens is 1. The Morgan fingerprint density at radius 2 is 2.06 bits per heavy atom. The smallest absolute Gasteiger partial charge is 0.401 e. The van der Waals surface area contributed by atoms with Gasteiger partial charge in [-0.05, 0) is 31.5 Å². The molecular formula is C11H12F3NO2S. The van der Waals surface area contributed by atoms with Gasteiger partial charge in [0.05, 0.1) is 11.4 Å². The third-order valence-electron chi connectivity index (χ3n) is 2.06. The molecule has 7 heteroatoms. The van der Waals surface area contributed by atoms with Gasteiger partial charge in [0.25, 0.3) is 0 Å². The van der Waals surface area contributed by atoms with Crippen LogP contribution in [0.25, 0.3) is 0 Å². The van der Waals surface area contributed by atoms with Crippen molar-refractivity contribution >= 4 is 17.7 Å². The minimum absolute atomic E-state index is 0.191. The van der Waals surface area contributed by atoms with E-state index in [4.69, 9.17) is 5.11 Å². The number of pyridine rings is 1. The number of aryl methyl sites for hydroxylation is 2. The minimum Gasteiger partial charge on any atom is -0.481 e. The van der Waals surface area contributed by atoms with Crippen LogP contribution in [-0.4, -0.2) is 27.5 Å². The third-order valence-corrected chi connectivity index (χ3v) is 3.23. The van der Waals surface area contributed by atoms with Crippen LogP contribution in [0.15, 0.2) is 17.2 Å². The van der Waals surface area contributed by atoms with Gasteiger partial charge in [-0.2, -0.15) is 13.2 Å². The highest BCUT2D eigenvalue weighted by Gasteiger charge is 2.42. The molecule has 0 amide bonds. The molecule has 1 atom stereocenters. The molecular weight excluding hydrogens is 267 g/mol. The first-order valence-electron chi connectivity index (χ1n) is 5.09. The Kier molecular flexibility index (Phi) is 4.61. The lowest BCUT2D eigenvalue weighted by atomic mass is 10.2. The molecule has 1 N–H and O–H groups in total. The number of halogens is 3. The molecule has 0 aromatic carbocycles. The highest BCUT2D eigenvalue weighted by atomic mass is 32.2. The molecule has 0 bridgehead atoms. The van der Waals surface area contributed by atoms with Gasteiger partial charge >= 0.3 is 12.1 Å². The largest absolute Gasteiger partial charge is 0.481 e. The van der Waals surface area contributed by atoms with E-state index in [0.29, 0.717) is 17.5 Å². The van der Waals surface area contributed by atoms with E-state index in [1.165, 1.54) is 6.07 Å². The average Bonchev–Trinajstić information content (AvgIpc) is 2.12. The maximum Gasteiger partial charge on any atom is 0.401 e. The van der Waals surface area contributed by atoms with Gasteiger partial charge in [0.1, 0.15) is 5.25 Å². The highest BCUT2D eigenvalue weighted by molar-refractivity contribution is 8.00. The van der Waals surface area contributed by atoms with Gasteiger partial charge in [-0.3, -0.25) is 4.79 Å². The highest BCUT2D eigenvalue weighted by Crippen LogP contribution is 2.36. The summed E-state index contributed by atoms with van der Waals surface area (Å²) in [6.07, 6.45) is -5.54. The summed E-state index contributed by atoms with van der Waals surface area (Å²) in [5.41, 5.74) is 1.40. The van der Waals surface area contributed by atoms with E-state index in [-0.39, 0.29) is 5.03 Å². The van der Waals surface area contributed by atoms with Crippen LogP contribution in [-0.2, 0) is 4.79 Å². The Morgan fingerprint density at radius 1 is 1.44 bits per heavy atom. The summed E-state index contributed by atoms with van der Waals surface area (Å²) in [4.78, 5) is 14.4. The average molecular weight is 279 g/mol. The van der Waals surface area contributed by atoms with Crippen molar-refractivity contribution in [3.63, 3.8) is 0 Å². The van der Waals surface area contributed by atoms with Crippen molar-refractivity contribution in [2.45, 2.75) is 36.7 Å². The first kappa shape index (κ1) is 14.8.